The molecule has 0 spiro atoms. The second-order valence-corrected chi connectivity index (χ2v) is 7.06. The molecule has 0 bridgehead atoms. The van der Waals surface area contributed by atoms with Gasteiger partial charge < -0.3 is 15.3 Å². The number of hydrogen-bond acceptors (Lipinski definition) is 7. The number of carboxylic acid groups (broad SMARTS) is 1. The number of anilines is 2. The van der Waals surface area contributed by atoms with Gasteiger partial charge in [-0.25, -0.2) is 9.79 Å². The minimum Gasteiger partial charge on any atom is -0.476 e. The van der Waals surface area contributed by atoms with Crippen LogP contribution in [0, 0.1) is 11.3 Å². The number of carbonyl (C=O) groups is 1. The van der Waals surface area contributed by atoms with Crippen molar-refractivity contribution in [1.82, 2.24) is 10.2 Å². The molecule has 2 heterocycles. The zero-order chi connectivity index (χ0) is 24.2. The van der Waals surface area contributed by atoms with Crippen LogP contribution in [-0.2, 0) is 6.18 Å². The molecule has 0 radical (unpaired) electrons. The van der Waals surface area contributed by atoms with E-state index in [1.165, 1.54) is 24.3 Å². The van der Waals surface area contributed by atoms with Crippen LogP contribution in [0.2, 0.25) is 0 Å². The summed E-state index contributed by atoms with van der Waals surface area (Å²) in [6.45, 7) is 6.42. The molecule has 1 aliphatic heterocycles. The molecule has 1 fully saturated rings. The van der Waals surface area contributed by atoms with Gasteiger partial charge in [0.2, 0.25) is 0 Å². The zero-order valence-corrected chi connectivity index (χ0v) is 17.5. The standard InChI is InChI=1S/C22H19F3N6O2/c1-3-27-20(28-19-7-6-18(21(32)33)29-30-19)16-8-9-31(12-13(16)2)15-5-4-14(11-26)17(10-15)22(23,24)25/h3-7,10H,2,8-9,12H2,1H3,(H,28,30)(H,32,33)/b20-16+,27-3?. The Morgan fingerprint density at radius 2 is 2.09 bits per heavy atom. The first-order chi connectivity index (χ1) is 15.6. The van der Waals surface area contributed by atoms with E-state index in [0.29, 0.717) is 30.0 Å². The number of nitrogens with one attached hydrogen (secondary N) is 1. The van der Waals surface area contributed by atoms with Crippen molar-refractivity contribution in [2.45, 2.75) is 19.5 Å². The number of nitriles is 1. The van der Waals surface area contributed by atoms with Crippen LogP contribution in [0.1, 0.15) is 35.0 Å². The number of rotatable bonds is 5. The SMILES string of the molecule is C=C1CN(c2ccc(C#N)c(C(F)(F)F)c2)CC/C1=C(/N=CC)Nc1ccc(C(=O)O)nn1. The maximum absolute atomic E-state index is 13.3. The number of halogens is 3. The van der Waals surface area contributed by atoms with Crippen LogP contribution in [0.15, 0.2) is 58.9 Å². The lowest BCUT2D eigenvalue weighted by molar-refractivity contribution is -0.137. The maximum atomic E-state index is 13.3. The van der Waals surface area contributed by atoms with Gasteiger partial charge in [0.15, 0.2) is 11.5 Å². The van der Waals surface area contributed by atoms with E-state index in [1.807, 2.05) is 0 Å². The number of nitrogens with zero attached hydrogens (tertiary/aromatic N) is 5. The molecule has 8 nitrogen and oxygen atoms in total. The minimum absolute atomic E-state index is 0.202. The molecular formula is C22H19F3N6O2. The molecule has 3 rings (SSSR count). The molecule has 33 heavy (non-hydrogen) atoms. The highest BCUT2D eigenvalue weighted by Gasteiger charge is 2.34. The van der Waals surface area contributed by atoms with E-state index in [2.05, 4.69) is 27.1 Å². The molecule has 0 aliphatic carbocycles. The highest BCUT2D eigenvalue weighted by molar-refractivity contribution is 5.85. The average Bonchev–Trinajstić information content (AvgIpc) is 2.78. The van der Waals surface area contributed by atoms with E-state index in [4.69, 9.17) is 10.4 Å². The summed E-state index contributed by atoms with van der Waals surface area (Å²) in [7, 11) is 0. The predicted octanol–water partition coefficient (Wildman–Crippen LogP) is 4.25. The number of alkyl halides is 3. The summed E-state index contributed by atoms with van der Waals surface area (Å²) in [6.07, 6.45) is -2.65. The van der Waals surface area contributed by atoms with E-state index >= 15 is 0 Å². The molecule has 1 aliphatic rings. The molecule has 0 saturated carbocycles. The van der Waals surface area contributed by atoms with Gasteiger partial charge >= 0.3 is 12.1 Å². The third kappa shape index (κ3) is 5.35. The van der Waals surface area contributed by atoms with E-state index in [9.17, 15) is 18.0 Å². The summed E-state index contributed by atoms with van der Waals surface area (Å²) in [5.41, 5.74) is 0.134. The molecule has 2 N–H and O–H groups in total. The summed E-state index contributed by atoms with van der Waals surface area (Å²) in [5, 5.41) is 28.4. The van der Waals surface area contributed by atoms with Crippen LogP contribution >= 0.6 is 0 Å². The van der Waals surface area contributed by atoms with Crippen LogP contribution in [0.5, 0.6) is 0 Å². The second-order valence-electron chi connectivity index (χ2n) is 7.06. The fraction of sp³-hybridized carbons (Fsp3) is 0.227. The smallest absolute Gasteiger partial charge is 0.417 e. The Hall–Kier alpha value is -4.20. The van der Waals surface area contributed by atoms with Crippen molar-refractivity contribution in [2.24, 2.45) is 4.99 Å². The lowest BCUT2D eigenvalue weighted by Gasteiger charge is -2.33. The first-order valence-electron chi connectivity index (χ1n) is 9.74. The lowest BCUT2D eigenvalue weighted by Crippen LogP contribution is -2.33. The number of piperidine rings is 1. The van der Waals surface area contributed by atoms with Crippen molar-refractivity contribution in [3.8, 4) is 6.07 Å². The molecule has 1 aromatic heterocycles. The van der Waals surface area contributed by atoms with E-state index < -0.39 is 23.3 Å². The number of aromatic nitrogens is 2. The van der Waals surface area contributed by atoms with Crippen molar-refractivity contribution in [3.63, 3.8) is 0 Å². The molecular weight excluding hydrogens is 437 g/mol. The first-order valence-corrected chi connectivity index (χ1v) is 9.74. The Labute approximate surface area is 187 Å². The van der Waals surface area contributed by atoms with E-state index in [0.717, 1.165) is 11.6 Å². The molecule has 11 heteroatoms. The summed E-state index contributed by atoms with van der Waals surface area (Å²) in [4.78, 5) is 17.0. The van der Waals surface area contributed by atoms with Crippen molar-refractivity contribution < 1.29 is 23.1 Å². The normalized spacial score (nSPS) is 16.0. The summed E-state index contributed by atoms with van der Waals surface area (Å²) in [5.74, 6) is -0.475. The van der Waals surface area contributed by atoms with Crippen molar-refractivity contribution in [1.29, 1.82) is 5.26 Å². The third-order valence-corrected chi connectivity index (χ3v) is 4.91. The molecule has 170 valence electrons. The maximum Gasteiger partial charge on any atom is 0.417 e. The number of aliphatic imine (C=N–C) groups is 1. The molecule has 0 amide bonds. The molecule has 1 saturated heterocycles. The Kier molecular flexibility index (Phi) is 6.77. The predicted molar refractivity (Wildman–Crippen MR) is 116 cm³/mol. The molecule has 0 atom stereocenters. The van der Waals surface area contributed by atoms with Crippen LogP contribution in [0.25, 0.3) is 0 Å². The largest absolute Gasteiger partial charge is 0.476 e. The average molecular weight is 456 g/mol. The highest BCUT2D eigenvalue weighted by atomic mass is 19.4. The van der Waals surface area contributed by atoms with Gasteiger partial charge in [-0.2, -0.15) is 18.4 Å². The van der Waals surface area contributed by atoms with Gasteiger partial charge in [-0.1, -0.05) is 6.58 Å². The Morgan fingerprint density at radius 3 is 2.64 bits per heavy atom. The van der Waals surface area contributed by atoms with Crippen LogP contribution < -0.4 is 10.2 Å². The van der Waals surface area contributed by atoms with Crippen LogP contribution in [-0.4, -0.2) is 40.6 Å². The van der Waals surface area contributed by atoms with Crippen molar-refractivity contribution in [3.05, 3.63) is 70.7 Å². The number of hydrogen-bond donors (Lipinski definition) is 2. The summed E-state index contributed by atoms with van der Waals surface area (Å²) >= 11 is 0. The van der Waals surface area contributed by atoms with Crippen molar-refractivity contribution >= 4 is 23.7 Å². The Morgan fingerprint density at radius 1 is 1.33 bits per heavy atom. The first kappa shape index (κ1) is 23.5. The van der Waals surface area contributed by atoms with E-state index in [-0.39, 0.29) is 18.1 Å². The van der Waals surface area contributed by atoms with Gasteiger partial charge in [-0.15, -0.1) is 10.2 Å². The number of carboxylic acids is 1. The second kappa shape index (κ2) is 9.52. The summed E-state index contributed by atoms with van der Waals surface area (Å²) < 4.78 is 40.0. The summed E-state index contributed by atoms with van der Waals surface area (Å²) in [6, 6.07) is 7.96. The lowest BCUT2D eigenvalue weighted by atomic mass is 9.97. The number of benzene rings is 1. The molecule has 0 unspecified atom stereocenters. The topological polar surface area (TPSA) is 115 Å². The Balaban J connectivity index is 1.84. The van der Waals surface area contributed by atoms with Crippen LogP contribution in [0.3, 0.4) is 0 Å². The minimum atomic E-state index is -4.64. The van der Waals surface area contributed by atoms with Crippen LogP contribution in [0.4, 0.5) is 24.7 Å². The van der Waals surface area contributed by atoms with E-state index in [1.54, 1.807) is 24.1 Å². The molecule has 1 aromatic carbocycles. The zero-order valence-electron chi connectivity index (χ0n) is 17.5. The quantitative estimate of drug-likeness (QED) is 0.647. The van der Waals surface area contributed by atoms with Gasteiger partial charge in [-0.3, -0.25) is 0 Å². The van der Waals surface area contributed by atoms with Crippen molar-refractivity contribution in [2.75, 3.05) is 23.3 Å². The number of aromatic carboxylic acids is 1. The van der Waals surface area contributed by atoms with Gasteiger partial charge in [0, 0.05) is 30.6 Å². The van der Waals surface area contributed by atoms with Gasteiger partial charge in [0.05, 0.1) is 17.2 Å². The third-order valence-electron chi connectivity index (χ3n) is 4.91. The fourth-order valence-electron chi connectivity index (χ4n) is 3.34. The van der Waals surface area contributed by atoms with Gasteiger partial charge in [0.25, 0.3) is 0 Å². The monoisotopic (exact) mass is 456 g/mol. The Bertz CT molecular complexity index is 1180. The fourth-order valence-corrected chi connectivity index (χ4v) is 3.34. The molecule has 2 aromatic rings. The highest BCUT2D eigenvalue weighted by Crippen LogP contribution is 2.36. The van der Waals surface area contributed by atoms with Gasteiger partial charge in [-0.05, 0) is 49.2 Å². The van der Waals surface area contributed by atoms with Gasteiger partial charge in [0.1, 0.15) is 5.82 Å².